The molecule has 2 aromatic carbocycles. The van der Waals surface area contributed by atoms with Gasteiger partial charge < -0.3 is 0 Å². The lowest BCUT2D eigenvalue weighted by molar-refractivity contribution is 0.876. The fraction of sp³-hybridized carbons (Fsp3) is 0.400. The van der Waals surface area contributed by atoms with Gasteiger partial charge in [-0.05, 0) is 59.1 Å². The van der Waals surface area contributed by atoms with Crippen molar-refractivity contribution in [2.45, 2.75) is 53.4 Å². The number of aryl methyl sites for hydroxylation is 4. The number of hydrogen-bond acceptors (Lipinski definition) is 0. The zero-order chi connectivity index (χ0) is 14.5. The first-order valence-corrected chi connectivity index (χ1v) is 8.15. The second-order valence-corrected chi connectivity index (χ2v) is 4.90. The molecular weight excluding hydrogens is 240 g/mol. The lowest BCUT2D eigenvalue weighted by Crippen LogP contribution is -2.13. The second-order valence-electron chi connectivity index (χ2n) is 4.90. The molecule has 0 heterocycles. The normalized spacial score (nSPS) is 13.2. The van der Waals surface area contributed by atoms with Crippen LogP contribution in [0.4, 0.5) is 0 Å². The van der Waals surface area contributed by atoms with Gasteiger partial charge in [0.15, 0.2) is 0 Å². The average Bonchev–Trinajstić information content (AvgIpc) is 2.57. The summed E-state index contributed by atoms with van der Waals surface area (Å²) in [6.07, 6.45) is 4.89. The van der Waals surface area contributed by atoms with E-state index in [0.29, 0.717) is 0 Å². The van der Waals surface area contributed by atoms with Crippen molar-refractivity contribution < 1.29 is 0 Å². The quantitative estimate of drug-likeness (QED) is 0.582. The molecule has 0 aliphatic heterocycles. The first kappa shape index (κ1) is 14.8. The summed E-state index contributed by atoms with van der Waals surface area (Å²) in [5.41, 5.74) is 9.42. The third kappa shape index (κ3) is 2.40. The van der Waals surface area contributed by atoms with E-state index in [-0.39, 0.29) is 0 Å². The summed E-state index contributed by atoms with van der Waals surface area (Å²) in [5.74, 6) is 0. The van der Waals surface area contributed by atoms with Crippen LogP contribution in [0.5, 0.6) is 0 Å². The first-order chi connectivity index (χ1) is 9.93. The van der Waals surface area contributed by atoms with Crippen molar-refractivity contribution in [2.24, 2.45) is 0 Å². The Bertz CT molecular complexity index is 481. The molecular formula is C20H26. The molecule has 0 heteroatoms. The SMILES string of the molecule is CC.CC.c1cc2c3c(c1)CCc1cccc(c1-3)CC2. The van der Waals surface area contributed by atoms with Crippen molar-refractivity contribution in [3.63, 3.8) is 0 Å². The van der Waals surface area contributed by atoms with Gasteiger partial charge in [0.1, 0.15) is 0 Å². The predicted octanol–water partition coefficient (Wildman–Crippen LogP) is 5.60. The highest BCUT2D eigenvalue weighted by Gasteiger charge is 2.24. The molecule has 0 unspecified atom stereocenters. The van der Waals surface area contributed by atoms with Gasteiger partial charge in [-0.15, -0.1) is 0 Å². The van der Waals surface area contributed by atoms with Crippen molar-refractivity contribution >= 4 is 0 Å². The van der Waals surface area contributed by atoms with E-state index in [0.717, 1.165) is 0 Å². The van der Waals surface area contributed by atoms with Crippen LogP contribution in [0.1, 0.15) is 49.9 Å². The molecule has 0 bridgehead atoms. The van der Waals surface area contributed by atoms with Crippen LogP contribution in [-0.4, -0.2) is 0 Å². The molecule has 0 fully saturated rings. The lowest BCUT2D eigenvalue weighted by atomic mass is 9.76. The van der Waals surface area contributed by atoms with E-state index in [4.69, 9.17) is 0 Å². The summed E-state index contributed by atoms with van der Waals surface area (Å²) >= 11 is 0. The largest absolute Gasteiger partial charge is 0.0683 e. The van der Waals surface area contributed by atoms with E-state index in [9.17, 15) is 0 Å². The van der Waals surface area contributed by atoms with Gasteiger partial charge in [0.25, 0.3) is 0 Å². The molecule has 0 aromatic heterocycles. The standard InChI is InChI=1S/C16H14.2C2H6/c1-3-11-7-9-13-5-2-6-14-10-8-12(4-1)15(11)16(13)14;2*1-2/h1-6H,7-10H2;2*1-2H3. The summed E-state index contributed by atoms with van der Waals surface area (Å²) < 4.78 is 0. The highest BCUT2D eigenvalue weighted by atomic mass is 14.3. The van der Waals surface area contributed by atoms with Crippen LogP contribution in [0, 0.1) is 0 Å². The van der Waals surface area contributed by atoms with Crippen LogP contribution < -0.4 is 0 Å². The Labute approximate surface area is 123 Å². The predicted molar refractivity (Wildman–Crippen MR) is 89.4 cm³/mol. The average molecular weight is 266 g/mol. The Balaban J connectivity index is 0.000000340. The molecule has 2 aromatic rings. The van der Waals surface area contributed by atoms with Crippen molar-refractivity contribution in [3.8, 4) is 11.1 Å². The first-order valence-electron chi connectivity index (χ1n) is 8.15. The molecule has 0 nitrogen and oxygen atoms in total. The summed E-state index contributed by atoms with van der Waals surface area (Å²) in [7, 11) is 0. The fourth-order valence-electron chi connectivity index (χ4n) is 3.32. The van der Waals surface area contributed by atoms with Crippen LogP contribution in [-0.2, 0) is 25.7 Å². The van der Waals surface area contributed by atoms with E-state index in [1.807, 2.05) is 27.7 Å². The van der Waals surface area contributed by atoms with Crippen molar-refractivity contribution in [3.05, 3.63) is 58.7 Å². The van der Waals surface area contributed by atoms with Crippen LogP contribution in [0.25, 0.3) is 11.1 Å². The molecule has 0 saturated carbocycles. The molecule has 2 aliphatic carbocycles. The van der Waals surface area contributed by atoms with Crippen LogP contribution in [0.15, 0.2) is 36.4 Å². The van der Waals surface area contributed by atoms with Gasteiger partial charge in [-0.1, -0.05) is 64.1 Å². The monoisotopic (exact) mass is 266 g/mol. The molecule has 20 heavy (non-hydrogen) atoms. The molecule has 0 radical (unpaired) electrons. The maximum atomic E-state index is 2.31. The topological polar surface area (TPSA) is 0 Å². The van der Waals surface area contributed by atoms with Gasteiger partial charge in [-0.2, -0.15) is 0 Å². The van der Waals surface area contributed by atoms with E-state index in [1.165, 1.54) is 25.7 Å². The molecule has 106 valence electrons. The lowest BCUT2D eigenvalue weighted by Gasteiger charge is -2.28. The van der Waals surface area contributed by atoms with Gasteiger partial charge in [0, 0.05) is 0 Å². The highest BCUT2D eigenvalue weighted by Crippen LogP contribution is 2.41. The number of rotatable bonds is 0. The Kier molecular flexibility index (Phi) is 5.00. The molecule has 4 rings (SSSR count). The Morgan fingerprint density at radius 3 is 1.00 bits per heavy atom. The van der Waals surface area contributed by atoms with Crippen molar-refractivity contribution in [1.29, 1.82) is 0 Å². The third-order valence-electron chi connectivity index (χ3n) is 4.05. The second kappa shape index (κ2) is 6.74. The molecule has 0 saturated heterocycles. The van der Waals surface area contributed by atoms with Gasteiger partial charge in [-0.25, -0.2) is 0 Å². The number of benzene rings is 2. The minimum atomic E-state index is 1.22. The van der Waals surface area contributed by atoms with Crippen LogP contribution in [0.2, 0.25) is 0 Å². The molecule has 0 amide bonds. The fourth-order valence-corrected chi connectivity index (χ4v) is 3.32. The minimum Gasteiger partial charge on any atom is -0.0683 e. The Morgan fingerprint density at radius 1 is 0.500 bits per heavy atom. The van der Waals surface area contributed by atoms with Gasteiger partial charge in [-0.3, -0.25) is 0 Å². The molecule has 0 atom stereocenters. The van der Waals surface area contributed by atoms with E-state index < -0.39 is 0 Å². The van der Waals surface area contributed by atoms with E-state index in [1.54, 1.807) is 33.4 Å². The van der Waals surface area contributed by atoms with Crippen molar-refractivity contribution in [2.75, 3.05) is 0 Å². The molecule has 2 aliphatic rings. The number of hydrogen-bond donors (Lipinski definition) is 0. The summed E-state index contributed by atoms with van der Waals surface area (Å²) in [5, 5.41) is 0. The van der Waals surface area contributed by atoms with Crippen LogP contribution >= 0.6 is 0 Å². The minimum absolute atomic E-state index is 1.22. The van der Waals surface area contributed by atoms with Gasteiger partial charge >= 0.3 is 0 Å². The zero-order valence-electron chi connectivity index (χ0n) is 13.3. The zero-order valence-corrected chi connectivity index (χ0v) is 13.3. The third-order valence-corrected chi connectivity index (χ3v) is 4.05. The maximum absolute atomic E-state index is 2.31. The van der Waals surface area contributed by atoms with Gasteiger partial charge in [0.2, 0.25) is 0 Å². The van der Waals surface area contributed by atoms with Crippen molar-refractivity contribution in [1.82, 2.24) is 0 Å². The van der Waals surface area contributed by atoms with Crippen LogP contribution in [0.3, 0.4) is 0 Å². The summed E-state index contributed by atoms with van der Waals surface area (Å²) in [6.45, 7) is 8.00. The van der Waals surface area contributed by atoms with Gasteiger partial charge in [0.05, 0.1) is 0 Å². The molecule has 0 N–H and O–H groups in total. The summed E-state index contributed by atoms with van der Waals surface area (Å²) in [6, 6.07) is 13.7. The molecule has 0 spiro atoms. The smallest absolute Gasteiger partial charge is 0.0114 e. The maximum Gasteiger partial charge on any atom is -0.0114 e. The Morgan fingerprint density at radius 2 is 0.750 bits per heavy atom. The van der Waals surface area contributed by atoms with E-state index in [2.05, 4.69) is 36.4 Å². The highest BCUT2D eigenvalue weighted by molar-refractivity contribution is 5.80. The van der Waals surface area contributed by atoms with E-state index >= 15 is 0 Å². The summed E-state index contributed by atoms with van der Waals surface area (Å²) in [4.78, 5) is 0. The Hall–Kier alpha value is -1.56.